The summed E-state index contributed by atoms with van der Waals surface area (Å²) in [7, 11) is -0.263. The molecule has 3 rings (SSSR count). The Morgan fingerprint density at radius 2 is 1.94 bits per heavy atom. The minimum absolute atomic E-state index is 0.203. The lowest BCUT2D eigenvalue weighted by atomic mass is 9.79. The van der Waals surface area contributed by atoms with Gasteiger partial charge in [0.25, 0.3) is 0 Å². The summed E-state index contributed by atoms with van der Waals surface area (Å²) < 4.78 is 22.2. The fraction of sp³-hybridized carbons (Fsp3) is 0.538. The van der Waals surface area contributed by atoms with Crippen LogP contribution in [0, 0.1) is 0 Å². The van der Waals surface area contributed by atoms with E-state index in [0.29, 0.717) is 19.8 Å². The Morgan fingerprint density at radius 1 is 1.22 bits per heavy atom. The molecule has 4 nitrogen and oxygen atoms in total. The van der Waals surface area contributed by atoms with E-state index in [1.165, 1.54) is 0 Å². The van der Waals surface area contributed by atoms with Gasteiger partial charge in [0.2, 0.25) is 0 Å². The van der Waals surface area contributed by atoms with Crippen LogP contribution < -0.4 is 10.2 Å². The molecular formula is C13H17BO4. The molecule has 0 N–H and O–H groups in total. The molecule has 2 aliphatic rings. The van der Waals surface area contributed by atoms with Crippen LogP contribution in [-0.2, 0) is 14.0 Å². The van der Waals surface area contributed by atoms with Gasteiger partial charge in [-0.2, -0.15) is 0 Å². The molecule has 0 spiro atoms. The lowest BCUT2D eigenvalue weighted by molar-refractivity contribution is -0.0796. The van der Waals surface area contributed by atoms with Crippen LogP contribution in [0.4, 0.5) is 0 Å². The summed E-state index contributed by atoms with van der Waals surface area (Å²) >= 11 is 0. The molecule has 0 saturated carbocycles. The molecule has 0 aliphatic carbocycles. The van der Waals surface area contributed by atoms with Gasteiger partial charge < -0.3 is 18.8 Å². The van der Waals surface area contributed by atoms with E-state index in [1.807, 2.05) is 38.1 Å². The van der Waals surface area contributed by atoms with Crippen molar-refractivity contribution in [1.82, 2.24) is 0 Å². The van der Waals surface area contributed by atoms with Gasteiger partial charge in [0, 0.05) is 0 Å². The first-order chi connectivity index (χ1) is 8.62. The van der Waals surface area contributed by atoms with E-state index in [0.717, 1.165) is 11.2 Å². The summed E-state index contributed by atoms with van der Waals surface area (Å²) in [6.45, 7) is 6.05. The fourth-order valence-corrected chi connectivity index (χ4v) is 1.98. The first kappa shape index (κ1) is 12.0. The molecular weight excluding hydrogens is 231 g/mol. The monoisotopic (exact) mass is 248 g/mol. The quantitative estimate of drug-likeness (QED) is 0.747. The van der Waals surface area contributed by atoms with E-state index in [-0.39, 0.29) is 18.8 Å². The average Bonchev–Trinajstić information content (AvgIpc) is 2.65. The summed E-state index contributed by atoms with van der Waals surface area (Å²) in [5.74, 6) is 0.865. The van der Waals surface area contributed by atoms with Crippen LogP contribution in [0.2, 0.25) is 0 Å². The van der Waals surface area contributed by atoms with Gasteiger partial charge in [0.05, 0.1) is 25.4 Å². The van der Waals surface area contributed by atoms with Gasteiger partial charge in [0.1, 0.15) is 11.9 Å². The Hall–Kier alpha value is -1.04. The SMILES string of the molecule is CC1(C)COB(c2ccc(OC3COC3)cc2)O1. The first-order valence-electron chi connectivity index (χ1n) is 6.26. The van der Waals surface area contributed by atoms with Gasteiger partial charge in [-0.05, 0) is 31.4 Å². The summed E-state index contributed by atoms with van der Waals surface area (Å²) in [5.41, 5.74) is 0.820. The van der Waals surface area contributed by atoms with Crippen LogP contribution in [0.25, 0.3) is 0 Å². The van der Waals surface area contributed by atoms with Crippen molar-refractivity contribution in [2.75, 3.05) is 19.8 Å². The standard InChI is InChI=1S/C13H17BO4/c1-13(2)9-16-14(18-13)10-3-5-11(6-4-10)17-12-7-15-8-12/h3-6,12H,7-9H2,1-2H3. The second-order valence-electron chi connectivity index (χ2n) is 5.37. The van der Waals surface area contributed by atoms with Crippen molar-refractivity contribution in [1.29, 1.82) is 0 Å². The Kier molecular flexibility index (Phi) is 3.05. The highest BCUT2D eigenvalue weighted by molar-refractivity contribution is 6.61. The molecule has 0 radical (unpaired) electrons. The molecule has 96 valence electrons. The van der Waals surface area contributed by atoms with E-state index in [9.17, 15) is 0 Å². The van der Waals surface area contributed by atoms with Gasteiger partial charge in [-0.1, -0.05) is 12.1 Å². The fourth-order valence-electron chi connectivity index (χ4n) is 1.98. The lowest BCUT2D eigenvalue weighted by Crippen LogP contribution is -2.38. The molecule has 2 heterocycles. The summed E-state index contributed by atoms with van der Waals surface area (Å²) in [5, 5.41) is 0. The maximum Gasteiger partial charge on any atom is 0.494 e. The van der Waals surface area contributed by atoms with Crippen LogP contribution in [0.3, 0.4) is 0 Å². The van der Waals surface area contributed by atoms with Crippen LogP contribution in [0.5, 0.6) is 5.75 Å². The molecule has 0 aromatic heterocycles. The molecule has 0 atom stereocenters. The zero-order valence-electron chi connectivity index (χ0n) is 10.7. The number of hydrogen-bond donors (Lipinski definition) is 0. The normalized spacial score (nSPS) is 22.9. The van der Waals surface area contributed by atoms with Gasteiger partial charge in [-0.25, -0.2) is 0 Å². The van der Waals surface area contributed by atoms with Crippen LogP contribution in [-0.4, -0.2) is 38.6 Å². The second kappa shape index (κ2) is 4.57. The summed E-state index contributed by atoms with van der Waals surface area (Å²) in [4.78, 5) is 0. The topological polar surface area (TPSA) is 36.9 Å². The number of rotatable bonds is 3. The molecule has 0 bridgehead atoms. The van der Waals surface area contributed by atoms with Gasteiger partial charge in [-0.3, -0.25) is 0 Å². The minimum atomic E-state index is -0.263. The Balaban J connectivity index is 1.63. The molecule has 2 saturated heterocycles. The van der Waals surface area contributed by atoms with E-state index in [1.54, 1.807) is 0 Å². The highest BCUT2D eigenvalue weighted by Crippen LogP contribution is 2.20. The molecule has 1 aromatic rings. The second-order valence-corrected chi connectivity index (χ2v) is 5.37. The predicted molar refractivity (Wildman–Crippen MR) is 68.2 cm³/mol. The molecule has 5 heteroatoms. The van der Waals surface area contributed by atoms with Gasteiger partial charge >= 0.3 is 7.12 Å². The third-order valence-electron chi connectivity index (χ3n) is 3.07. The van der Waals surface area contributed by atoms with Crippen molar-refractivity contribution < 1.29 is 18.8 Å². The lowest BCUT2D eigenvalue weighted by Gasteiger charge is -2.26. The van der Waals surface area contributed by atoms with E-state index in [4.69, 9.17) is 18.8 Å². The Labute approximate surface area is 107 Å². The van der Waals surface area contributed by atoms with Crippen LogP contribution >= 0.6 is 0 Å². The molecule has 0 unspecified atom stereocenters. The Bertz CT molecular complexity index is 414. The van der Waals surface area contributed by atoms with E-state index >= 15 is 0 Å². The maximum absolute atomic E-state index is 5.81. The highest BCUT2D eigenvalue weighted by Gasteiger charge is 2.38. The number of hydrogen-bond acceptors (Lipinski definition) is 4. The smallest absolute Gasteiger partial charge is 0.486 e. The van der Waals surface area contributed by atoms with Crippen molar-refractivity contribution in [2.24, 2.45) is 0 Å². The number of benzene rings is 1. The molecule has 0 amide bonds. The van der Waals surface area contributed by atoms with Crippen molar-refractivity contribution >= 4 is 12.6 Å². The third-order valence-corrected chi connectivity index (χ3v) is 3.07. The maximum atomic E-state index is 5.81. The third kappa shape index (κ3) is 2.53. The zero-order chi connectivity index (χ0) is 12.6. The summed E-state index contributed by atoms with van der Waals surface area (Å²) in [6.07, 6.45) is 0.203. The van der Waals surface area contributed by atoms with Crippen molar-refractivity contribution in [3.63, 3.8) is 0 Å². The highest BCUT2D eigenvalue weighted by atomic mass is 16.7. The Morgan fingerprint density at radius 3 is 2.44 bits per heavy atom. The predicted octanol–water partition coefficient (Wildman–Crippen LogP) is 0.985. The summed E-state index contributed by atoms with van der Waals surface area (Å²) in [6, 6.07) is 7.87. The molecule has 2 aliphatic heterocycles. The molecule has 1 aromatic carbocycles. The average molecular weight is 248 g/mol. The van der Waals surface area contributed by atoms with Gasteiger partial charge in [0.15, 0.2) is 0 Å². The molecule has 18 heavy (non-hydrogen) atoms. The van der Waals surface area contributed by atoms with Crippen molar-refractivity contribution in [3.05, 3.63) is 24.3 Å². The van der Waals surface area contributed by atoms with Gasteiger partial charge in [-0.15, -0.1) is 0 Å². The van der Waals surface area contributed by atoms with Crippen molar-refractivity contribution in [2.45, 2.75) is 25.6 Å². The van der Waals surface area contributed by atoms with Crippen molar-refractivity contribution in [3.8, 4) is 5.75 Å². The largest absolute Gasteiger partial charge is 0.494 e. The molecule has 2 fully saturated rings. The van der Waals surface area contributed by atoms with Crippen LogP contribution in [0.1, 0.15) is 13.8 Å². The number of ether oxygens (including phenoxy) is 2. The minimum Gasteiger partial charge on any atom is -0.486 e. The van der Waals surface area contributed by atoms with E-state index < -0.39 is 0 Å². The zero-order valence-corrected chi connectivity index (χ0v) is 10.7. The van der Waals surface area contributed by atoms with Crippen LogP contribution in [0.15, 0.2) is 24.3 Å². The van der Waals surface area contributed by atoms with E-state index in [2.05, 4.69) is 0 Å². The first-order valence-corrected chi connectivity index (χ1v) is 6.26.